The van der Waals surface area contributed by atoms with Crippen LogP contribution in [0.15, 0.2) is 0 Å². The molecule has 0 spiro atoms. The molecule has 1 aliphatic rings. The average molecular weight is 214 g/mol. The van der Waals surface area contributed by atoms with Crippen molar-refractivity contribution in [1.29, 1.82) is 0 Å². The number of aliphatic hydroxyl groups is 1. The van der Waals surface area contributed by atoms with Gasteiger partial charge in [-0.15, -0.1) is 0 Å². The molecule has 15 heavy (non-hydrogen) atoms. The van der Waals surface area contributed by atoms with Crippen molar-refractivity contribution < 1.29 is 9.84 Å². The molecule has 90 valence electrons. The van der Waals surface area contributed by atoms with Crippen LogP contribution in [0.5, 0.6) is 0 Å². The van der Waals surface area contributed by atoms with Crippen molar-refractivity contribution in [2.24, 2.45) is 11.8 Å². The lowest BCUT2D eigenvalue weighted by Crippen LogP contribution is -2.25. The Kier molecular flexibility index (Phi) is 5.62. The summed E-state index contributed by atoms with van der Waals surface area (Å²) in [4.78, 5) is 0. The molecule has 4 atom stereocenters. The van der Waals surface area contributed by atoms with E-state index in [4.69, 9.17) is 4.74 Å². The van der Waals surface area contributed by atoms with Gasteiger partial charge in [-0.1, -0.05) is 13.8 Å². The molecule has 0 radical (unpaired) electrons. The third kappa shape index (κ3) is 4.52. The lowest BCUT2D eigenvalue weighted by atomic mass is 9.78. The second kappa shape index (κ2) is 6.49. The molecule has 1 rings (SSSR count). The Hall–Kier alpha value is -0.0800. The first-order chi connectivity index (χ1) is 7.15. The Balaban J connectivity index is 2.25. The number of ether oxygens (including phenoxy) is 1. The van der Waals surface area contributed by atoms with Gasteiger partial charge in [0.1, 0.15) is 0 Å². The van der Waals surface area contributed by atoms with Crippen LogP contribution in [0.25, 0.3) is 0 Å². The zero-order valence-electron chi connectivity index (χ0n) is 10.4. The summed E-state index contributed by atoms with van der Waals surface area (Å²) < 4.78 is 5.38. The third-order valence-electron chi connectivity index (χ3n) is 3.70. The van der Waals surface area contributed by atoms with Gasteiger partial charge in [0.2, 0.25) is 0 Å². The van der Waals surface area contributed by atoms with Crippen molar-refractivity contribution in [3.8, 4) is 0 Å². The molecule has 0 aromatic heterocycles. The molecule has 0 aliphatic heterocycles. The Bertz CT molecular complexity index is 156. The lowest BCUT2D eigenvalue weighted by molar-refractivity contribution is 0.0533. The summed E-state index contributed by atoms with van der Waals surface area (Å²) in [5, 5.41) is 9.70. The summed E-state index contributed by atoms with van der Waals surface area (Å²) in [6, 6.07) is 0. The van der Waals surface area contributed by atoms with Crippen molar-refractivity contribution in [3.05, 3.63) is 0 Å². The van der Waals surface area contributed by atoms with Gasteiger partial charge in [0.25, 0.3) is 0 Å². The van der Waals surface area contributed by atoms with E-state index < -0.39 is 0 Å². The molecule has 0 aromatic carbocycles. The van der Waals surface area contributed by atoms with E-state index in [0.717, 1.165) is 25.7 Å². The molecule has 0 aromatic rings. The second-order valence-corrected chi connectivity index (χ2v) is 5.18. The van der Waals surface area contributed by atoms with Crippen LogP contribution in [0.1, 0.15) is 52.4 Å². The predicted octanol–water partition coefficient (Wildman–Crippen LogP) is 2.99. The highest BCUT2D eigenvalue weighted by Gasteiger charge is 2.25. The maximum absolute atomic E-state index is 9.70. The van der Waals surface area contributed by atoms with Crippen LogP contribution in [-0.4, -0.2) is 24.4 Å². The zero-order chi connectivity index (χ0) is 11.3. The molecule has 0 amide bonds. The van der Waals surface area contributed by atoms with Gasteiger partial charge >= 0.3 is 0 Å². The average Bonchev–Trinajstić information content (AvgIpc) is 2.18. The van der Waals surface area contributed by atoms with Gasteiger partial charge in [-0.3, -0.25) is 0 Å². The molecule has 0 bridgehead atoms. The molecule has 0 saturated heterocycles. The van der Waals surface area contributed by atoms with E-state index >= 15 is 0 Å². The first kappa shape index (κ1) is 13.0. The van der Waals surface area contributed by atoms with Crippen molar-refractivity contribution in [2.45, 2.75) is 64.6 Å². The molecule has 2 heteroatoms. The molecule has 4 unspecified atom stereocenters. The fourth-order valence-corrected chi connectivity index (χ4v) is 2.85. The largest absolute Gasteiger partial charge is 0.393 e. The first-order valence-electron chi connectivity index (χ1n) is 6.36. The Morgan fingerprint density at radius 2 is 2.07 bits per heavy atom. The van der Waals surface area contributed by atoms with E-state index in [2.05, 4.69) is 13.8 Å². The highest BCUT2D eigenvalue weighted by Crippen LogP contribution is 2.32. The smallest absolute Gasteiger partial charge is 0.0568 e. The van der Waals surface area contributed by atoms with Gasteiger partial charge in [-0.25, -0.2) is 0 Å². The van der Waals surface area contributed by atoms with E-state index in [9.17, 15) is 5.11 Å². The van der Waals surface area contributed by atoms with Crippen molar-refractivity contribution in [2.75, 3.05) is 7.11 Å². The van der Waals surface area contributed by atoms with Gasteiger partial charge in [0.15, 0.2) is 0 Å². The van der Waals surface area contributed by atoms with Crippen LogP contribution in [0.3, 0.4) is 0 Å². The maximum atomic E-state index is 9.70. The maximum Gasteiger partial charge on any atom is 0.0568 e. The molecule has 1 fully saturated rings. The van der Waals surface area contributed by atoms with Crippen molar-refractivity contribution in [3.63, 3.8) is 0 Å². The predicted molar refractivity (Wildman–Crippen MR) is 62.8 cm³/mol. The Morgan fingerprint density at radius 3 is 2.60 bits per heavy atom. The van der Waals surface area contributed by atoms with Crippen LogP contribution in [0, 0.1) is 11.8 Å². The summed E-state index contributed by atoms with van der Waals surface area (Å²) in [5.41, 5.74) is 0. The van der Waals surface area contributed by atoms with Gasteiger partial charge < -0.3 is 9.84 Å². The Labute approximate surface area is 94.0 Å². The molecule has 1 saturated carbocycles. The number of methoxy groups -OCH3 is 1. The molecular formula is C13H26O2. The van der Waals surface area contributed by atoms with E-state index in [1.807, 2.05) is 0 Å². The van der Waals surface area contributed by atoms with Gasteiger partial charge in [-0.2, -0.15) is 0 Å². The van der Waals surface area contributed by atoms with Crippen LogP contribution >= 0.6 is 0 Å². The monoisotopic (exact) mass is 214 g/mol. The number of aliphatic hydroxyl groups excluding tert-OH is 1. The van der Waals surface area contributed by atoms with Crippen molar-refractivity contribution in [1.82, 2.24) is 0 Å². The molecule has 1 N–H and O–H groups in total. The summed E-state index contributed by atoms with van der Waals surface area (Å²) in [7, 11) is 1.80. The molecule has 1 aliphatic carbocycles. The highest BCUT2D eigenvalue weighted by molar-refractivity contribution is 4.77. The summed E-state index contributed by atoms with van der Waals surface area (Å²) in [5.74, 6) is 1.41. The zero-order valence-corrected chi connectivity index (χ0v) is 10.4. The number of hydrogen-bond donors (Lipinski definition) is 1. The van der Waals surface area contributed by atoms with E-state index in [1.165, 1.54) is 12.8 Å². The minimum absolute atomic E-state index is 0.0543. The van der Waals surface area contributed by atoms with E-state index in [0.29, 0.717) is 17.9 Å². The van der Waals surface area contributed by atoms with Crippen molar-refractivity contribution >= 4 is 0 Å². The topological polar surface area (TPSA) is 29.5 Å². The van der Waals surface area contributed by atoms with Crippen LogP contribution < -0.4 is 0 Å². The quantitative estimate of drug-likeness (QED) is 0.762. The highest BCUT2D eigenvalue weighted by atomic mass is 16.5. The molecular weight excluding hydrogens is 188 g/mol. The van der Waals surface area contributed by atoms with Crippen LogP contribution in [0.2, 0.25) is 0 Å². The summed E-state index contributed by atoms with van der Waals surface area (Å²) >= 11 is 0. The van der Waals surface area contributed by atoms with Gasteiger partial charge in [-0.05, 0) is 50.4 Å². The van der Waals surface area contributed by atoms with Gasteiger partial charge in [0.05, 0.1) is 12.2 Å². The lowest BCUT2D eigenvalue weighted by Gasteiger charge is -2.31. The SMILES string of the molecule is CCC(CCC1CC(C)CC(O)C1)OC. The standard InChI is InChI=1S/C13H26O2/c1-4-13(15-3)6-5-11-7-10(2)8-12(14)9-11/h10-14H,4-9H2,1-3H3. The molecule has 2 nitrogen and oxygen atoms in total. The first-order valence-corrected chi connectivity index (χ1v) is 6.36. The normalized spacial score (nSPS) is 34.0. The van der Waals surface area contributed by atoms with E-state index in [1.54, 1.807) is 7.11 Å². The summed E-state index contributed by atoms with van der Waals surface area (Å²) in [6.45, 7) is 4.43. The Morgan fingerprint density at radius 1 is 1.33 bits per heavy atom. The third-order valence-corrected chi connectivity index (χ3v) is 3.70. The molecule has 0 heterocycles. The van der Waals surface area contributed by atoms with Gasteiger partial charge in [0, 0.05) is 7.11 Å². The number of hydrogen-bond acceptors (Lipinski definition) is 2. The van der Waals surface area contributed by atoms with E-state index in [-0.39, 0.29) is 6.10 Å². The summed E-state index contributed by atoms with van der Waals surface area (Å²) in [6.07, 6.45) is 7.12. The van der Waals surface area contributed by atoms with Crippen LogP contribution in [0.4, 0.5) is 0 Å². The second-order valence-electron chi connectivity index (χ2n) is 5.18. The fourth-order valence-electron chi connectivity index (χ4n) is 2.85. The minimum atomic E-state index is -0.0543. The number of rotatable bonds is 5. The fraction of sp³-hybridized carbons (Fsp3) is 1.00. The minimum Gasteiger partial charge on any atom is -0.393 e. The van der Waals surface area contributed by atoms with Crippen LogP contribution in [-0.2, 0) is 4.74 Å².